The summed E-state index contributed by atoms with van der Waals surface area (Å²) in [5.41, 5.74) is 3.21. The van der Waals surface area contributed by atoms with E-state index in [1.165, 1.54) is 77.2 Å². The van der Waals surface area contributed by atoms with E-state index in [-0.39, 0.29) is 182 Å². The maximum absolute atomic E-state index is 13.5. The van der Waals surface area contributed by atoms with Gasteiger partial charge in [0.2, 0.25) is 0 Å². The van der Waals surface area contributed by atoms with E-state index in [4.69, 9.17) is 36.1 Å². The molecule has 3 N–H and O–H groups in total. The zero-order valence-electron chi connectivity index (χ0n) is 53.5. The quantitative estimate of drug-likeness (QED) is 0.0344. The molecule has 10 rings (SSSR count). The summed E-state index contributed by atoms with van der Waals surface area (Å²) >= 11 is 6.18. The maximum Gasteiger partial charge on any atom is 1.00 e. The molecule has 2 saturated heterocycles. The second-order valence-corrected chi connectivity index (χ2v) is 27.6. The Kier molecular flexibility index (Phi) is 31.7. The van der Waals surface area contributed by atoms with Crippen molar-refractivity contribution >= 4 is 95.2 Å². The molecule has 0 unspecified atom stereocenters. The fraction of sp³-hybridized carbons (Fsp3) is 0.545. The number of hydrogen-bond acceptors (Lipinski definition) is 19. The minimum absolute atomic E-state index is 0. The molecule has 2 saturated carbocycles. The van der Waals surface area contributed by atoms with E-state index in [0.29, 0.717) is 77.5 Å². The number of carbonyl (C=O) groups is 3. The van der Waals surface area contributed by atoms with E-state index in [2.05, 4.69) is 101 Å². The summed E-state index contributed by atoms with van der Waals surface area (Å²) in [6.45, 7) is 24.8. The van der Waals surface area contributed by atoms with Gasteiger partial charge in [-0.15, -0.1) is 12.4 Å². The summed E-state index contributed by atoms with van der Waals surface area (Å²) in [7, 11) is -4.99. The number of halogens is 2. The van der Waals surface area contributed by atoms with Gasteiger partial charge in [-0.2, -0.15) is 47.4 Å². The molecule has 33 heteroatoms. The van der Waals surface area contributed by atoms with Crippen LogP contribution in [-0.2, 0) is 66.5 Å². The largest absolute Gasteiger partial charge is 1.00 e. The van der Waals surface area contributed by atoms with Crippen LogP contribution in [0.25, 0.3) is 11.6 Å². The molecule has 25 nitrogen and oxygen atoms in total. The van der Waals surface area contributed by atoms with Crippen molar-refractivity contribution in [3.8, 4) is 11.6 Å². The number of carbonyl (C=O) groups excluding carboxylic acids is 3. The predicted octanol–water partition coefficient (Wildman–Crippen LogP) is 0.364. The van der Waals surface area contributed by atoms with E-state index in [1.807, 2.05) is 23.1 Å². The number of anilines is 1. The van der Waals surface area contributed by atoms with Crippen LogP contribution in [0.4, 0.5) is 5.82 Å². The number of pyridine rings is 2. The van der Waals surface area contributed by atoms with Crippen LogP contribution < -0.4 is 128 Å². The van der Waals surface area contributed by atoms with Gasteiger partial charge in [0.1, 0.15) is 20.8 Å². The first-order chi connectivity index (χ1) is 38.9. The molecule has 478 valence electrons. The Hall–Kier alpha value is -2.36. The Morgan fingerprint density at radius 2 is 1.16 bits per heavy atom. The minimum atomic E-state index is -4.13. The van der Waals surface area contributed by atoms with Gasteiger partial charge in [-0.25, -0.2) is 45.6 Å². The molecule has 4 fully saturated rings. The second kappa shape index (κ2) is 34.2. The van der Waals surface area contributed by atoms with E-state index < -0.39 is 31.9 Å². The number of amides is 2. The Balaban J connectivity index is 0.000000716. The van der Waals surface area contributed by atoms with Gasteiger partial charge in [-0.1, -0.05) is 39.3 Å². The molecule has 2 aliphatic heterocycles. The predicted molar refractivity (Wildman–Crippen MR) is 334 cm³/mol. The maximum atomic E-state index is 13.5. The molecule has 0 bridgehead atoms. The molecule has 88 heavy (non-hydrogen) atoms. The molecule has 2 aliphatic carbocycles. The first-order valence-corrected chi connectivity index (χ1v) is 30.5. The van der Waals surface area contributed by atoms with Crippen molar-refractivity contribution in [3.63, 3.8) is 0 Å². The monoisotopic (exact) mass is 1390 g/mol. The van der Waals surface area contributed by atoms with Gasteiger partial charge in [-0.3, -0.25) is 23.7 Å². The summed E-state index contributed by atoms with van der Waals surface area (Å²) in [5.74, 6) is 0.967. The molecule has 6 aromatic rings. The zero-order valence-corrected chi connectivity index (χ0v) is 64.0. The van der Waals surface area contributed by atoms with E-state index in [1.54, 1.807) is 51.0 Å². The number of rotatable bonds is 18. The van der Waals surface area contributed by atoms with Gasteiger partial charge in [0.05, 0.1) is 72.7 Å². The van der Waals surface area contributed by atoms with Crippen LogP contribution in [-0.4, -0.2) is 122 Å². The summed E-state index contributed by atoms with van der Waals surface area (Å²) in [6.07, 6.45) is 13.0. The van der Waals surface area contributed by atoms with E-state index in [9.17, 15) is 26.4 Å². The molecule has 2 atom stereocenters. The Morgan fingerprint density at radius 3 is 1.50 bits per heavy atom. The molecular formula is C55H82Cl2K2N14O11S4. The van der Waals surface area contributed by atoms with Crippen LogP contribution in [0.5, 0.6) is 0 Å². The van der Waals surface area contributed by atoms with Crippen LogP contribution in [0.15, 0.2) is 71.0 Å². The molecular weight excluding hydrogens is 1310 g/mol. The number of nitrogens with zero attached hydrogens (tertiary/aromatic N) is 11. The van der Waals surface area contributed by atoms with Gasteiger partial charge in [-0.05, 0) is 146 Å². The number of aromatic nitrogens is 10. The number of ether oxygens (including phenoxy) is 2. The SMILES string of the molecule is C[C@@H]1CNC(C)(C)C1.Cc1c(S(=O)(=O)NC(=O)c2ccc(-n3ccc(COCC4(C)CC4)n3)nc2Cl)cnn1C.Cc1c(S(=O)(=O)NC(=O)c2ccc(-n3ccc(COCC4(C)CC4)n3)nc2N2C[C@@H](C)CC2(C)C)cnn1C.Cl.O=CO[O-].S.S.[H-].[K+].[K+]. The average Bonchev–Trinajstić information content (AvgIpc) is 1.89. The summed E-state index contributed by atoms with van der Waals surface area (Å²) < 4.78 is 73.0. The summed E-state index contributed by atoms with van der Waals surface area (Å²) in [5, 5.41) is 28.7. The van der Waals surface area contributed by atoms with Crippen LogP contribution in [0.2, 0.25) is 5.15 Å². The molecule has 8 heterocycles. The van der Waals surface area contributed by atoms with Crippen LogP contribution in [0.1, 0.15) is 139 Å². The third-order valence-corrected chi connectivity index (χ3v) is 18.3. The fourth-order valence-corrected chi connectivity index (χ4v) is 12.3. The molecule has 0 aromatic carbocycles. The zero-order chi connectivity index (χ0) is 60.9. The number of aryl methyl sites for hydroxylation is 2. The Morgan fingerprint density at radius 1 is 0.727 bits per heavy atom. The second-order valence-electron chi connectivity index (χ2n) is 24.0. The van der Waals surface area contributed by atoms with E-state index in [0.717, 1.165) is 30.3 Å². The van der Waals surface area contributed by atoms with Crippen molar-refractivity contribution < 1.29 is 155 Å². The van der Waals surface area contributed by atoms with Gasteiger partial charge < -0.3 is 31.3 Å². The molecule has 0 radical (unpaired) electrons. The number of hydrogen-bond donors (Lipinski definition) is 3. The third kappa shape index (κ3) is 22.1. The fourth-order valence-electron chi connectivity index (χ4n) is 9.70. The molecule has 4 aliphatic rings. The summed E-state index contributed by atoms with van der Waals surface area (Å²) in [6, 6.07) is 9.93. The van der Waals surface area contributed by atoms with Crippen molar-refractivity contribution in [2.24, 2.45) is 36.8 Å². The minimum Gasteiger partial charge on any atom is -1.00 e. The van der Waals surface area contributed by atoms with Crippen LogP contribution in [0.3, 0.4) is 0 Å². The van der Waals surface area contributed by atoms with Gasteiger partial charge in [0.25, 0.3) is 38.3 Å². The average molecular weight is 1390 g/mol. The Labute approximate surface area is 627 Å². The van der Waals surface area contributed by atoms with Crippen LogP contribution >= 0.6 is 51.0 Å². The Bertz CT molecular complexity index is 3550. The summed E-state index contributed by atoms with van der Waals surface area (Å²) in [4.78, 5) is 48.3. The number of nitrogens with one attached hydrogen (secondary N) is 3. The van der Waals surface area contributed by atoms with Crippen molar-refractivity contribution in [2.45, 2.75) is 142 Å². The first-order valence-electron chi connectivity index (χ1n) is 27.2. The van der Waals surface area contributed by atoms with Gasteiger partial charge >= 0.3 is 103 Å². The topological polar surface area (TPSA) is 307 Å². The van der Waals surface area contributed by atoms with Crippen molar-refractivity contribution in [1.29, 1.82) is 0 Å². The molecule has 6 aromatic heterocycles. The normalized spacial score (nSPS) is 17.7. The molecule has 2 amide bonds. The van der Waals surface area contributed by atoms with Crippen LogP contribution in [0, 0.1) is 36.5 Å². The van der Waals surface area contributed by atoms with Crippen molar-refractivity contribution in [1.82, 2.24) is 63.9 Å². The van der Waals surface area contributed by atoms with Gasteiger partial charge in [0.15, 0.2) is 11.6 Å². The third-order valence-electron chi connectivity index (χ3n) is 15.1. The van der Waals surface area contributed by atoms with Crippen molar-refractivity contribution in [3.05, 3.63) is 100 Å². The van der Waals surface area contributed by atoms with Gasteiger partial charge in [0, 0.05) is 44.1 Å². The number of sulfonamides is 2. The standard InChI is InChI=1S/C27H37N7O4S.C20H23ClN6O4S.C7H15N.CH2O3.ClH.2K.2H2S.H/c1-18-13-26(3,4)33(15-18)24-21(25(35)31-39(36,37)22-14-28-32(6)19(22)2)7-8-23(29-24)34-12-9-20(30-34)16-38-17-27(5)10-11-27;1-13-16(10-22-26(13)3)32(29,30)25-19(28)15-4-5-17(23-18(15)21)27-9-6-14(24-27)11-31-12-20(2)7-8-20;1-6-4-7(2,3)8-5-6;2-1-4-3;;;;;;/h7-9,12,14,18H,10-11,13,15-17H2,1-6H3,(H,31,35);4-6,9-10H,7-8,11-12H2,1-3H3,(H,25,28);6,8H,4-5H2,1-3H3;1,3H;1H;;;2*1H2;/q;;;;;2*+1;;;-1/p-1/t18-;;6-;;;;;;;/m0.0......./s1. The first kappa shape index (κ1) is 81.7. The van der Waals surface area contributed by atoms with Crippen molar-refractivity contribution in [2.75, 3.05) is 31.2 Å². The smallest absolute Gasteiger partial charge is 1.00 e. The molecule has 0 spiro atoms. The van der Waals surface area contributed by atoms with E-state index >= 15 is 0 Å².